The van der Waals surface area contributed by atoms with Gasteiger partial charge in [-0.15, -0.1) is 0 Å². The molecule has 0 aromatic carbocycles. The van der Waals surface area contributed by atoms with Gasteiger partial charge in [-0.3, -0.25) is 4.79 Å². The van der Waals surface area contributed by atoms with Crippen molar-refractivity contribution in [3.8, 4) is 0 Å². The molecule has 5 unspecified atom stereocenters. The summed E-state index contributed by atoms with van der Waals surface area (Å²) in [5.74, 6) is 6.11. The summed E-state index contributed by atoms with van der Waals surface area (Å²) in [5, 5.41) is 0. The summed E-state index contributed by atoms with van der Waals surface area (Å²) in [6, 6.07) is 0. The third-order valence-corrected chi connectivity index (χ3v) is 9.93. The first-order valence-electron chi connectivity index (χ1n) is 13.2. The van der Waals surface area contributed by atoms with Gasteiger partial charge in [0, 0.05) is 13.3 Å². The van der Waals surface area contributed by atoms with E-state index in [1.54, 1.807) is 12.5 Å². The molecule has 0 radical (unpaired) electrons. The highest BCUT2D eigenvalue weighted by atomic mass is 16.5. The van der Waals surface area contributed by atoms with Crippen molar-refractivity contribution in [1.82, 2.24) is 0 Å². The lowest BCUT2D eigenvalue weighted by Gasteiger charge is -2.54. The molecule has 0 spiro atoms. The SMILES string of the molecule is CC(=O)O[C@H]1CCC2C(=CCC3C2CC[C@@]2(C)C3CC[C@@H]2C(C)CCCC(C)C)C1. The average Bonchev–Trinajstić information content (AvgIpc) is 3.04. The smallest absolute Gasteiger partial charge is 0.302 e. The number of hydrogen-bond donors (Lipinski definition) is 0. The number of fused-ring (bicyclic) bond motifs is 5. The molecule has 0 N–H and O–H groups in total. The van der Waals surface area contributed by atoms with Crippen molar-refractivity contribution in [2.24, 2.45) is 46.8 Å². The number of rotatable bonds is 6. The molecule has 4 aliphatic rings. The van der Waals surface area contributed by atoms with Gasteiger partial charge in [-0.1, -0.05) is 58.6 Å². The largest absolute Gasteiger partial charge is 0.462 e. The maximum absolute atomic E-state index is 11.4. The lowest BCUT2D eigenvalue weighted by Crippen LogP contribution is -2.47. The van der Waals surface area contributed by atoms with E-state index in [0.717, 1.165) is 54.3 Å². The molecule has 0 aliphatic heterocycles. The maximum Gasteiger partial charge on any atom is 0.302 e. The van der Waals surface area contributed by atoms with Gasteiger partial charge in [0.05, 0.1) is 0 Å². The summed E-state index contributed by atoms with van der Waals surface area (Å²) in [6.07, 6.45) is 17.4. The third kappa shape index (κ3) is 4.26. The fraction of sp³-hybridized carbons (Fsp3) is 0.893. The molecule has 3 fully saturated rings. The summed E-state index contributed by atoms with van der Waals surface area (Å²) < 4.78 is 5.57. The molecule has 8 atom stereocenters. The fourth-order valence-electron chi connectivity index (χ4n) is 8.59. The van der Waals surface area contributed by atoms with Gasteiger partial charge in [0.1, 0.15) is 6.10 Å². The van der Waals surface area contributed by atoms with E-state index >= 15 is 0 Å². The summed E-state index contributed by atoms with van der Waals surface area (Å²) >= 11 is 0. The zero-order chi connectivity index (χ0) is 21.5. The van der Waals surface area contributed by atoms with Crippen LogP contribution in [0.15, 0.2) is 11.6 Å². The molecule has 0 amide bonds. The van der Waals surface area contributed by atoms with Crippen molar-refractivity contribution in [1.29, 1.82) is 0 Å². The fourth-order valence-corrected chi connectivity index (χ4v) is 8.59. The zero-order valence-corrected chi connectivity index (χ0v) is 20.3. The number of hydrogen-bond acceptors (Lipinski definition) is 2. The van der Waals surface area contributed by atoms with E-state index in [1.165, 1.54) is 57.8 Å². The molecule has 0 saturated heterocycles. The van der Waals surface area contributed by atoms with Gasteiger partial charge in [0.25, 0.3) is 0 Å². The first kappa shape index (κ1) is 22.4. The minimum absolute atomic E-state index is 0.110. The second-order valence-electron chi connectivity index (χ2n) is 12.1. The monoisotopic (exact) mass is 414 g/mol. The van der Waals surface area contributed by atoms with E-state index in [1.807, 2.05) is 0 Å². The highest BCUT2D eigenvalue weighted by molar-refractivity contribution is 5.66. The molecule has 0 aromatic heterocycles. The minimum atomic E-state index is -0.110. The summed E-state index contributed by atoms with van der Waals surface area (Å²) in [7, 11) is 0. The van der Waals surface area contributed by atoms with Crippen LogP contribution in [-0.2, 0) is 9.53 Å². The van der Waals surface area contributed by atoms with E-state index in [2.05, 4.69) is 33.8 Å². The highest BCUT2D eigenvalue weighted by Crippen LogP contribution is 2.64. The van der Waals surface area contributed by atoms with E-state index < -0.39 is 0 Å². The number of allylic oxidation sites excluding steroid dienone is 1. The van der Waals surface area contributed by atoms with Crippen LogP contribution in [0.3, 0.4) is 0 Å². The minimum Gasteiger partial charge on any atom is -0.462 e. The van der Waals surface area contributed by atoms with Gasteiger partial charge in [-0.2, -0.15) is 0 Å². The van der Waals surface area contributed by atoms with Gasteiger partial charge in [-0.25, -0.2) is 0 Å². The van der Waals surface area contributed by atoms with Gasteiger partial charge >= 0.3 is 5.97 Å². The first-order chi connectivity index (χ1) is 14.3. The highest BCUT2D eigenvalue weighted by Gasteiger charge is 2.56. The number of esters is 1. The van der Waals surface area contributed by atoms with E-state index in [4.69, 9.17) is 4.74 Å². The molecule has 0 heterocycles. The van der Waals surface area contributed by atoms with Crippen LogP contribution >= 0.6 is 0 Å². The van der Waals surface area contributed by atoms with Crippen LogP contribution in [0.4, 0.5) is 0 Å². The van der Waals surface area contributed by atoms with Gasteiger partial charge in [-0.05, 0) is 91.8 Å². The van der Waals surface area contributed by atoms with Crippen LogP contribution in [0, 0.1) is 46.8 Å². The molecule has 4 aliphatic carbocycles. The van der Waals surface area contributed by atoms with Crippen molar-refractivity contribution in [2.75, 3.05) is 0 Å². The third-order valence-electron chi connectivity index (χ3n) is 9.93. The van der Waals surface area contributed by atoms with Crippen LogP contribution < -0.4 is 0 Å². The Labute approximate surface area is 185 Å². The zero-order valence-electron chi connectivity index (χ0n) is 20.3. The Morgan fingerprint density at radius 1 is 1.10 bits per heavy atom. The Balaban J connectivity index is 1.42. The molecule has 170 valence electrons. The van der Waals surface area contributed by atoms with Crippen LogP contribution in [0.1, 0.15) is 105 Å². The molecule has 0 bridgehead atoms. The molecule has 4 rings (SSSR count). The molecule has 3 saturated carbocycles. The predicted octanol–water partition coefficient (Wildman–Crippen LogP) is 7.57. The molecular formula is C28H46O2. The Kier molecular flexibility index (Phi) is 6.71. The van der Waals surface area contributed by atoms with Crippen molar-refractivity contribution in [3.63, 3.8) is 0 Å². The second-order valence-corrected chi connectivity index (χ2v) is 12.1. The van der Waals surface area contributed by atoms with Crippen molar-refractivity contribution >= 4 is 5.97 Å². The van der Waals surface area contributed by atoms with Crippen LogP contribution in [0.25, 0.3) is 0 Å². The molecule has 0 aromatic rings. The summed E-state index contributed by atoms with van der Waals surface area (Å²) in [6.45, 7) is 11.5. The number of carbonyl (C=O) groups is 1. The standard InChI is InChI=1S/C28H46O2/c1-18(2)7-6-8-19(3)26-13-14-27-25-11-9-21-17-22(30-20(4)29)10-12-23(21)24(25)15-16-28(26,27)5/h9,18-19,22-27H,6-8,10-17H2,1-5H3/t19?,22-,23?,24?,25?,26+,27?,28+/m0/s1. The molecule has 30 heavy (non-hydrogen) atoms. The lowest BCUT2D eigenvalue weighted by atomic mass is 9.51. The van der Waals surface area contributed by atoms with Crippen molar-refractivity contribution in [3.05, 3.63) is 11.6 Å². The van der Waals surface area contributed by atoms with Crippen LogP contribution in [0.5, 0.6) is 0 Å². The molecular weight excluding hydrogens is 368 g/mol. The number of ether oxygens (including phenoxy) is 1. The molecule has 2 heteroatoms. The van der Waals surface area contributed by atoms with Crippen molar-refractivity contribution in [2.45, 2.75) is 111 Å². The van der Waals surface area contributed by atoms with Gasteiger partial charge in [0.15, 0.2) is 0 Å². The van der Waals surface area contributed by atoms with E-state index in [-0.39, 0.29) is 12.1 Å². The van der Waals surface area contributed by atoms with Crippen LogP contribution in [0.2, 0.25) is 0 Å². The quantitative estimate of drug-likeness (QED) is 0.331. The number of carbonyl (C=O) groups excluding carboxylic acids is 1. The lowest BCUT2D eigenvalue weighted by molar-refractivity contribution is -0.147. The summed E-state index contributed by atoms with van der Waals surface area (Å²) in [5.41, 5.74) is 2.22. The normalized spacial score (nSPS) is 41.5. The van der Waals surface area contributed by atoms with E-state index in [9.17, 15) is 4.79 Å². The maximum atomic E-state index is 11.4. The second kappa shape index (κ2) is 8.99. The van der Waals surface area contributed by atoms with Crippen LogP contribution in [-0.4, -0.2) is 12.1 Å². The Morgan fingerprint density at radius 2 is 1.90 bits per heavy atom. The Bertz CT molecular complexity index is 649. The first-order valence-corrected chi connectivity index (χ1v) is 13.2. The average molecular weight is 415 g/mol. The Morgan fingerprint density at radius 3 is 2.63 bits per heavy atom. The predicted molar refractivity (Wildman–Crippen MR) is 124 cm³/mol. The summed E-state index contributed by atoms with van der Waals surface area (Å²) in [4.78, 5) is 11.4. The van der Waals surface area contributed by atoms with Crippen molar-refractivity contribution < 1.29 is 9.53 Å². The topological polar surface area (TPSA) is 26.3 Å². The van der Waals surface area contributed by atoms with Gasteiger partial charge < -0.3 is 4.74 Å². The Hall–Kier alpha value is -0.790. The molecule has 2 nitrogen and oxygen atoms in total. The van der Waals surface area contributed by atoms with E-state index in [0.29, 0.717) is 5.41 Å². The van der Waals surface area contributed by atoms with Gasteiger partial charge in [0.2, 0.25) is 0 Å².